The molecule has 11 heavy (non-hydrogen) atoms. The van der Waals surface area contributed by atoms with Crippen LogP contribution in [-0.2, 0) is 0 Å². The Balaban J connectivity index is 2.46. The van der Waals surface area contributed by atoms with Crippen molar-refractivity contribution in [2.75, 3.05) is 20.1 Å². The van der Waals surface area contributed by atoms with Crippen LogP contribution in [0.2, 0.25) is 0 Å². The molecule has 4 nitrogen and oxygen atoms in total. The van der Waals surface area contributed by atoms with Crippen molar-refractivity contribution in [1.29, 1.82) is 0 Å². The van der Waals surface area contributed by atoms with E-state index in [-0.39, 0.29) is 12.1 Å². The van der Waals surface area contributed by atoms with E-state index in [0.29, 0.717) is 12.5 Å². The zero-order valence-electron chi connectivity index (χ0n) is 7.00. The van der Waals surface area contributed by atoms with E-state index in [1.807, 2.05) is 0 Å². The Kier molecular flexibility index (Phi) is 2.34. The van der Waals surface area contributed by atoms with Crippen LogP contribution in [0.4, 0.5) is 4.79 Å². The lowest BCUT2D eigenvalue weighted by Gasteiger charge is -2.14. The number of carbonyl (C=O) groups is 1. The van der Waals surface area contributed by atoms with Gasteiger partial charge in [0.15, 0.2) is 0 Å². The summed E-state index contributed by atoms with van der Waals surface area (Å²) in [7, 11) is 1.64. The van der Waals surface area contributed by atoms with Gasteiger partial charge in [0.05, 0.1) is 0 Å². The molecule has 0 aliphatic carbocycles. The Bertz CT molecular complexity index is 150. The van der Waals surface area contributed by atoms with E-state index < -0.39 is 0 Å². The minimum absolute atomic E-state index is 0.0233. The number of hydrogen-bond acceptors (Lipinski definition) is 2. The molecule has 0 aromatic rings. The second-order valence-corrected chi connectivity index (χ2v) is 3.10. The van der Waals surface area contributed by atoms with Crippen LogP contribution >= 0.6 is 0 Å². The number of nitrogens with one attached hydrogen (secondary N) is 1. The van der Waals surface area contributed by atoms with Gasteiger partial charge in [-0.1, -0.05) is 6.92 Å². The summed E-state index contributed by atoms with van der Waals surface area (Å²) in [6.45, 7) is 3.52. The highest BCUT2D eigenvalue weighted by atomic mass is 16.2. The highest BCUT2D eigenvalue weighted by molar-refractivity contribution is 5.74. The van der Waals surface area contributed by atoms with Crippen molar-refractivity contribution < 1.29 is 4.79 Å². The van der Waals surface area contributed by atoms with Crippen molar-refractivity contribution in [2.24, 2.45) is 11.7 Å². The molecular formula is C7H15N3O. The number of hydrogen-bond donors (Lipinski definition) is 2. The van der Waals surface area contributed by atoms with Crippen LogP contribution < -0.4 is 11.1 Å². The highest BCUT2D eigenvalue weighted by Crippen LogP contribution is 2.13. The standard InChI is InChI=1S/C7H15N3O/c1-5-3-10(4-6(5)8)7(11)9-2/h5-6H,3-4,8H2,1-2H3,(H,9,11). The number of nitrogens with two attached hydrogens (primary N) is 1. The minimum atomic E-state index is -0.0233. The van der Waals surface area contributed by atoms with E-state index >= 15 is 0 Å². The molecule has 1 heterocycles. The van der Waals surface area contributed by atoms with E-state index in [2.05, 4.69) is 12.2 Å². The minimum Gasteiger partial charge on any atom is -0.341 e. The summed E-state index contributed by atoms with van der Waals surface area (Å²) in [6, 6.07) is 0.122. The molecule has 64 valence electrons. The fraction of sp³-hybridized carbons (Fsp3) is 0.857. The van der Waals surface area contributed by atoms with Crippen LogP contribution in [0.25, 0.3) is 0 Å². The van der Waals surface area contributed by atoms with E-state index in [9.17, 15) is 4.79 Å². The van der Waals surface area contributed by atoms with Crippen LogP contribution in [0.1, 0.15) is 6.92 Å². The summed E-state index contributed by atoms with van der Waals surface area (Å²) in [4.78, 5) is 12.8. The quantitative estimate of drug-likeness (QED) is 0.503. The molecule has 1 aliphatic rings. The van der Waals surface area contributed by atoms with Gasteiger partial charge in [-0.3, -0.25) is 0 Å². The second kappa shape index (κ2) is 3.09. The fourth-order valence-electron chi connectivity index (χ4n) is 1.32. The number of urea groups is 1. The van der Waals surface area contributed by atoms with Gasteiger partial charge in [-0.05, 0) is 5.92 Å². The van der Waals surface area contributed by atoms with Gasteiger partial charge in [0, 0.05) is 26.2 Å². The number of nitrogens with zero attached hydrogens (tertiary/aromatic N) is 1. The normalized spacial score (nSPS) is 30.6. The van der Waals surface area contributed by atoms with Gasteiger partial charge in [0.25, 0.3) is 0 Å². The molecule has 0 saturated carbocycles. The van der Waals surface area contributed by atoms with Crippen molar-refractivity contribution >= 4 is 6.03 Å². The first kappa shape index (κ1) is 8.33. The maximum Gasteiger partial charge on any atom is 0.317 e. The Morgan fingerprint density at radius 1 is 1.64 bits per heavy atom. The lowest BCUT2D eigenvalue weighted by molar-refractivity contribution is 0.209. The van der Waals surface area contributed by atoms with Crippen molar-refractivity contribution in [3.63, 3.8) is 0 Å². The summed E-state index contributed by atoms with van der Waals surface area (Å²) in [5.41, 5.74) is 5.74. The molecule has 1 saturated heterocycles. The largest absolute Gasteiger partial charge is 0.341 e. The third-order valence-corrected chi connectivity index (χ3v) is 2.17. The summed E-state index contributed by atoms with van der Waals surface area (Å²) >= 11 is 0. The van der Waals surface area contributed by atoms with E-state index in [1.165, 1.54) is 0 Å². The molecule has 0 bridgehead atoms. The SMILES string of the molecule is CNC(=O)N1CC(C)C(N)C1. The first-order valence-electron chi connectivity index (χ1n) is 3.87. The second-order valence-electron chi connectivity index (χ2n) is 3.10. The van der Waals surface area contributed by atoms with Crippen molar-refractivity contribution in [2.45, 2.75) is 13.0 Å². The van der Waals surface area contributed by atoms with Gasteiger partial charge in [-0.2, -0.15) is 0 Å². The predicted molar refractivity (Wildman–Crippen MR) is 43.2 cm³/mol. The van der Waals surface area contributed by atoms with Gasteiger partial charge >= 0.3 is 6.03 Å². The van der Waals surface area contributed by atoms with Gasteiger partial charge < -0.3 is 16.0 Å². The number of carbonyl (C=O) groups excluding carboxylic acids is 1. The molecule has 2 unspecified atom stereocenters. The van der Waals surface area contributed by atoms with E-state index in [0.717, 1.165) is 6.54 Å². The van der Waals surface area contributed by atoms with Crippen LogP contribution in [-0.4, -0.2) is 37.1 Å². The predicted octanol–water partition coefficient (Wildman–Crippen LogP) is -0.395. The van der Waals surface area contributed by atoms with Crippen LogP contribution in [0.3, 0.4) is 0 Å². The average Bonchev–Trinajstić information content (AvgIpc) is 2.31. The molecule has 1 fully saturated rings. The van der Waals surface area contributed by atoms with Gasteiger partial charge in [0.1, 0.15) is 0 Å². The molecule has 2 amide bonds. The van der Waals surface area contributed by atoms with Gasteiger partial charge in [-0.25, -0.2) is 4.79 Å². The van der Waals surface area contributed by atoms with Crippen LogP contribution in [0, 0.1) is 5.92 Å². The highest BCUT2D eigenvalue weighted by Gasteiger charge is 2.28. The molecule has 2 atom stereocenters. The molecule has 0 spiro atoms. The van der Waals surface area contributed by atoms with Crippen molar-refractivity contribution in [1.82, 2.24) is 10.2 Å². The lowest BCUT2D eigenvalue weighted by atomic mass is 10.1. The summed E-state index contributed by atoms with van der Waals surface area (Å²) in [5, 5.41) is 2.58. The molecule has 4 heteroatoms. The lowest BCUT2D eigenvalue weighted by Crippen LogP contribution is -2.37. The summed E-state index contributed by atoms with van der Waals surface area (Å²) in [6.07, 6.45) is 0. The van der Waals surface area contributed by atoms with Crippen molar-refractivity contribution in [3.8, 4) is 0 Å². The maximum absolute atomic E-state index is 11.1. The van der Waals surface area contributed by atoms with Crippen LogP contribution in [0.5, 0.6) is 0 Å². The smallest absolute Gasteiger partial charge is 0.317 e. The number of rotatable bonds is 0. The third-order valence-electron chi connectivity index (χ3n) is 2.17. The zero-order chi connectivity index (χ0) is 8.43. The Morgan fingerprint density at radius 2 is 2.27 bits per heavy atom. The number of likely N-dealkylation sites (tertiary alicyclic amines) is 1. The summed E-state index contributed by atoms with van der Waals surface area (Å²) in [5.74, 6) is 0.423. The Hall–Kier alpha value is -0.770. The fourth-order valence-corrected chi connectivity index (χ4v) is 1.32. The van der Waals surface area contributed by atoms with Crippen molar-refractivity contribution in [3.05, 3.63) is 0 Å². The van der Waals surface area contributed by atoms with E-state index in [4.69, 9.17) is 5.73 Å². The Morgan fingerprint density at radius 3 is 2.64 bits per heavy atom. The summed E-state index contributed by atoms with van der Waals surface area (Å²) < 4.78 is 0. The van der Waals surface area contributed by atoms with Crippen LogP contribution in [0.15, 0.2) is 0 Å². The Labute approximate surface area is 66.7 Å². The van der Waals surface area contributed by atoms with Gasteiger partial charge in [-0.15, -0.1) is 0 Å². The first-order valence-corrected chi connectivity index (χ1v) is 3.87. The van der Waals surface area contributed by atoms with E-state index in [1.54, 1.807) is 11.9 Å². The molecule has 3 N–H and O–H groups in total. The molecule has 0 aromatic heterocycles. The molecule has 1 rings (SSSR count). The monoisotopic (exact) mass is 157 g/mol. The first-order chi connectivity index (χ1) is 5.15. The molecule has 0 aromatic carbocycles. The zero-order valence-corrected chi connectivity index (χ0v) is 7.00. The topological polar surface area (TPSA) is 58.4 Å². The number of amides is 2. The third kappa shape index (κ3) is 1.63. The molecule has 1 aliphatic heterocycles. The van der Waals surface area contributed by atoms with Gasteiger partial charge in [0.2, 0.25) is 0 Å². The maximum atomic E-state index is 11.1. The average molecular weight is 157 g/mol. The molecule has 0 radical (unpaired) electrons. The molecular weight excluding hydrogens is 142 g/mol.